The third-order valence-corrected chi connectivity index (χ3v) is 4.14. The van der Waals surface area contributed by atoms with Crippen molar-refractivity contribution in [2.45, 2.75) is 18.3 Å². The first kappa shape index (κ1) is 15.5. The van der Waals surface area contributed by atoms with E-state index in [0.717, 1.165) is 10.0 Å². The van der Waals surface area contributed by atoms with Gasteiger partial charge in [0.25, 0.3) is 0 Å². The summed E-state index contributed by atoms with van der Waals surface area (Å²) >= 11 is 3.30. The molecule has 1 aromatic rings. The zero-order valence-corrected chi connectivity index (χ0v) is 11.6. The minimum Gasteiger partial charge on any atom is -0.207 e. The maximum absolute atomic E-state index is 12.0. The molecule has 0 aliphatic heterocycles. The smallest absolute Gasteiger partial charge is 0.207 e. The Morgan fingerprint density at radius 1 is 1.22 bits per heavy atom. The number of benzene rings is 1. The molecule has 0 radical (unpaired) electrons. The highest BCUT2D eigenvalue weighted by molar-refractivity contribution is 9.10. The highest BCUT2D eigenvalue weighted by Gasteiger charge is 2.45. The van der Waals surface area contributed by atoms with E-state index in [4.69, 9.17) is 0 Å². The first-order valence-corrected chi connectivity index (χ1v) is 7.31. The number of halogens is 4. The average molecular weight is 346 g/mol. The largest absolute Gasteiger partial charge is 0.511 e. The molecule has 0 atom stereocenters. The van der Waals surface area contributed by atoms with Gasteiger partial charge < -0.3 is 0 Å². The molecule has 1 N–H and O–H groups in total. The zero-order valence-electron chi connectivity index (χ0n) is 9.17. The molecule has 0 bridgehead atoms. The van der Waals surface area contributed by atoms with Crippen LogP contribution in [0.5, 0.6) is 0 Å². The van der Waals surface area contributed by atoms with Crippen molar-refractivity contribution >= 4 is 26.0 Å². The molecule has 3 nitrogen and oxygen atoms in total. The molecular weight excluding hydrogens is 335 g/mol. The van der Waals surface area contributed by atoms with Gasteiger partial charge in [0.05, 0.1) is 0 Å². The summed E-state index contributed by atoms with van der Waals surface area (Å²) in [5.41, 5.74) is -4.33. The van der Waals surface area contributed by atoms with Crippen molar-refractivity contribution in [3.8, 4) is 0 Å². The molecule has 102 valence electrons. The summed E-state index contributed by atoms with van der Waals surface area (Å²) in [7, 11) is -5.22. The van der Waals surface area contributed by atoms with Gasteiger partial charge in [-0.15, -0.1) is 0 Å². The number of nitrogens with one attached hydrogen (secondary N) is 1. The minimum atomic E-state index is -5.25. The van der Waals surface area contributed by atoms with E-state index in [9.17, 15) is 21.6 Å². The van der Waals surface area contributed by atoms with Crippen molar-refractivity contribution in [3.63, 3.8) is 0 Å². The van der Waals surface area contributed by atoms with E-state index >= 15 is 0 Å². The molecule has 0 unspecified atom stereocenters. The first-order chi connectivity index (χ1) is 8.24. The average Bonchev–Trinajstić information content (AvgIpc) is 2.25. The van der Waals surface area contributed by atoms with E-state index in [0.29, 0.717) is 6.42 Å². The molecule has 0 spiro atoms. The second-order valence-electron chi connectivity index (χ2n) is 3.54. The standard InChI is InChI=1S/C10H11BrF3NO2S/c11-9-6-2-1-4-8(9)5-3-7-15-18(16,17)10(12,13)14/h1-2,4,6,15H,3,5,7H2. The predicted molar refractivity (Wildman–Crippen MR) is 65.4 cm³/mol. The Balaban J connectivity index is 2.43. The van der Waals surface area contributed by atoms with Gasteiger partial charge in [-0.2, -0.15) is 13.2 Å². The lowest BCUT2D eigenvalue weighted by Gasteiger charge is -2.09. The molecule has 1 aromatic carbocycles. The summed E-state index contributed by atoms with van der Waals surface area (Å²) in [6.45, 7) is -0.247. The molecule has 0 fully saturated rings. The second kappa shape index (κ2) is 6.03. The summed E-state index contributed by atoms with van der Waals surface area (Å²) in [4.78, 5) is 0. The molecule has 0 heterocycles. The Morgan fingerprint density at radius 2 is 1.83 bits per heavy atom. The van der Waals surface area contributed by atoms with Crippen LogP contribution in [0.25, 0.3) is 0 Å². The molecule has 18 heavy (non-hydrogen) atoms. The lowest BCUT2D eigenvalue weighted by atomic mass is 10.1. The van der Waals surface area contributed by atoms with Gasteiger partial charge in [0.15, 0.2) is 0 Å². The van der Waals surface area contributed by atoms with Crippen molar-refractivity contribution in [2.75, 3.05) is 6.54 Å². The Hall–Kier alpha value is -0.600. The van der Waals surface area contributed by atoms with Crippen molar-refractivity contribution in [1.29, 1.82) is 0 Å². The molecular formula is C10H11BrF3NO2S. The minimum absolute atomic E-state index is 0.247. The summed E-state index contributed by atoms with van der Waals surface area (Å²) in [5.74, 6) is 0. The van der Waals surface area contributed by atoms with Crippen LogP contribution in [-0.4, -0.2) is 20.5 Å². The molecule has 0 aliphatic rings. The molecule has 0 amide bonds. The second-order valence-corrected chi connectivity index (χ2v) is 6.15. The molecule has 1 rings (SSSR count). The Kier molecular flexibility index (Phi) is 5.18. The Bertz CT molecular complexity index is 502. The van der Waals surface area contributed by atoms with E-state index in [1.54, 1.807) is 6.07 Å². The number of sulfonamides is 1. The van der Waals surface area contributed by atoms with Crippen LogP contribution in [0.3, 0.4) is 0 Å². The van der Waals surface area contributed by atoms with Gasteiger partial charge in [-0.1, -0.05) is 34.1 Å². The van der Waals surface area contributed by atoms with Gasteiger partial charge in [-0.25, -0.2) is 13.1 Å². The van der Waals surface area contributed by atoms with Crippen molar-refractivity contribution < 1.29 is 21.6 Å². The van der Waals surface area contributed by atoms with E-state index in [1.807, 2.05) is 18.2 Å². The van der Waals surface area contributed by atoms with E-state index in [1.165, 1.54) is 4.72 Å². The Labute approximate surface area is 112 Å². The maximum atomic E-state index is 12.0. The van der Waals surface area contributed by atoms with Crippen LogP contribution in [-0.2, 0) is 16.4 Å². The van der Waals surface area contributed by atoms with E-state index in [2.05, 4.69) is 15.9 Å². The fourth-order valence-electron chi connectivity index (χ4n) is 1.27. The molecule has 8 heteroatoms. The highest BCUT2D eigenvalue weighted by Crippen LogP contribution is 2.21. The van der Waals surface area contributed by atoms with Crippen LogP contribution in [0.2, 0.25) is 0 Å². The van der Waals surface area contributed by atoms with Crippen LogP contribution in [0.4, 0.5) is 13.2 Å². The van der Waals surface area contributed by atoms with E-state index in [-0.39, 0.29) is 13.0 Å². The molecule has 0 aromatic heterocycles. The zero-order chi connectivity index (χ0) is 13.8. The van der Waals surface area contributed by atoms with Gasteiger partial charge in [0, 0.05) is 11.0 Å². The first-order valence-electron chi connectivity index (χ1n) is 5.03. The summed E-state index contributed by atoms with van der Waals surface area (Å²) in [6, 6.07) is 7.26. The lowest BCUT2D eigenvalue weighted by molar-refractivity contribution is -0.0447. The maximum Gasteiger partial charge on any atom is 0.511 e. The van der Waals surface area contributed by atoms with Crippen LogP contribution in [0, 0.1) is 0 Å². The van der Waals surface area contributed by atoms with Crippen molar-refractivity contribution in [2.24, 2.45) is 0 Å². The quantitative estimate of drug-likeness (QED) is 0.834. The van der Waals surface area contributed by atoms with Gasteiger partial charge in [-0.05, 0) is 24.5 Å². The number of alkyl halides is 3. The number of hydrogen-bond acceptors (Lipinski definition) is 2. The lowest BCUT2D eigenvalue weighted by Crippen LogP contribution is -2.37. The predicted octanol–water partition coefficient (Wildman–Crippen LogP) is 2.82. The summed E-state index contributed by atoms with van der Waals surface area (Å²) < 4.78 is 59.7. The topological polar surface area (TPSA) is 46.2 Å². The Morgan fingerprint density at radius 3 is 2.39 bits per heavy atom. The molecule has 0 aliphatic carbocycles. The molecule has 0 saturated heterocycles. The summed E-state index contributed by atoms with van der Waals surface area (Å²) in [6.07, 6.45) is 0.778. The van der Waals surface area contributed by atoms with Crippen LogP contribution >= 0.6 is 15.9 Å². The van der Waals surface area contributed by atoms with Gasteiger partial charge in [0.1, 0.15) is 0 Å². The van der Waals surface area contributed by atoms with Crippen LogP contribution in [0.1, 0.15) is 12.0 Å². The normalized spacial score (nSPS) is 12.7. The third kappa shape index (κ3) is 4.25. The fourth-order valence-corrected chi connectivity index (χ4v) is 2.33. The monoisotopic (exact) mass is 345 g/mol. The van der Waals surface area contributed by atoms with Gasteiger partial charge >= 0.3 is 15.5 Å². The number of aryl methyl sites for hydroxylation is 1. The number of hydrogen-bond donors (Lipinski definition) is 1. The van der Waals surface area contributed by atoms with Crippen LogP contribution < -0.4 is 4.72 Å². The highest BCUT2D eigenvalue weighted by atomic mass is 79.9. The molecule has 0 saturated carbocycles. The summed E-state index contributed by atoms with van der Waals surface area (Å²) in [5, 5.41) is 0. The number of rotatable bonds is 5. The van der Waals surface area contributed by atoms with Crippen molar-refractivity contribution in [1.82, 2.24) is 4.72 Å². The fraction of sp³-hybridized carbons (Fsp3) is 0.400. The van der Waals surface area contributed by atoms with E-state index < -0.39 is 15.5 Å². The van der Waals surface area contributed by atoms with Crippen molar-refractivity contribution in [3.05, 3.63) is 34.3 Å². The van der Waals surface area contributed by atoms with Gasteiger partial charge in [0.2, 0.25) is 0 Å². The third-order valence-electron chi connectivity index (χ3n) is 2.18. The SMILES string of the molecule is O=S(=O)(NCCCc1ccccc1Br)C(F)(F)F. The van der Waals surface area contributed by atoms with Crippen LogP contribution in [0.15, 0.2) is 28.7 Å². The van der Waals surface area contributed by atoms with Gasteiger partial charge in [-0.3, -0.25) is 0 Å².